The maximum atomic E-state index is 10.6. The van der Waals surface area contributed by atoms with E-state index in [0.717, 1.165) is 0 Å². The third-order valence-electron chi connectivity index (χ3n) is 1.46. The highest BCUT2D eigenvalue weighted by Gasteiger charge is 1.98. The van der Waals surface area contributed by atoms with Crippen molar-refractivity contribution < 1.29 is 9.67 Å². The lowest BCUT2D eigenvalue weighted by Crippen LogP contribution is -2.34. The van der Waals surface area contributed by atoms with Gasteiger partial charge >= 0.3 is 0 Å². The normalized spacial score (nSPS) is 8.62. The molecule has 0 aliphatic carbocycles. The van der Waals surface area contributed by atoms with E-state index in [1.165, 1.54) is 0 Å². The van der Waals surface area contributed by atoms with E-state index >= 15 is 0 Å². The summed E-state index contributed by atoms with van der Waals surface area (Å²) in [5.74, 6) is -0.659. The summed E-state index contributed by atoms with van der Waals surface area (Å²) in [7, 11) is 0. The highest BCUT2D eigenvalue weighted by atomic mass is 79.9. The van der Waals surface area contributed by atoms with Crippen molar-refractivity contribution >= 4 is 22.9 Å². The Labute approximate surface area is 87.6 Å². The van der Waals surface area contributed by atoms with Crippen LogP contribution in [0.3, 0.4) is 0 Å². The predicted molar refractivity (Wildman–Crippen MR) is 54.0 cm³/mol. The Bertz CT molecular complexity index is 312. The number of nitrogens with zero attached hydrogens (tertiary/aromatic N) is 1. The molecule has 0 fully saturated rings. The van der Waals surface area contributed by atoms with Crippen LogP contribution < -0.4 is 9.67 Å². The number of halogens is 1. The second-order valence-corrected chi connectivity index (χ2v) is 2.41. The third kappa shape index (κ3) is 3.38. The van der Waals surface area contributed by atoms with Crippen molar-refractivity contribution in [3.63, 3.8) is 0 Å². The van der Waals surface area contributed by atoms with Gasteiger partial charge < -0.3 is 10.5 Å². The number of hydrogen-bond donors (Lipinski definition) is 1. The summed E-state index contributed by atoms with van der Waals surface area (Å²) in [5, 5.41) is 17.5. The van der Waals surface area contributed by atoms with Crippen molar-refractivity contribution in [1.29, 1.82) is 5.41 Å². The van der Waals surface area contributed by atoms with E-state index in [1.807, 2.05) is 6.20 Å². The van der Waals surface area contributed by atoms with Gasteiger partial charge in [0.05, 0.1) is 0 Å². The predicted octanol–water partition coefficient (Wildman–Crippen LogP) is 0.424. The first-order chi connectivity index (χ1) is 5.74. The largest absolute Gasteiger partial charge is 0.859 e. The second-order valence-electron chi connectivity index (χ2n) is 2.41. The molecule has 0 unspecified atom stereocenters. The smallest absolute Gasteiger partial charge is 0.177 e. The first kappa shape index (κ1) is 11.8. The van der Waals surface area contributed by atoms with E-state index in [9.17, 15) is 5.11 Å². The molecule has 1 heterocycles. The lowest BCUT2D eigenvalue weighted by Gasteiger charge is -2.04. The topological polar surface area (TPSA) is 50.8 Å². The van der Waals surface area contributed by atoms with Crippen LogP contribution in [0.25, 0.3) is 0 Å². The van der Waals surface area contributed by atoms with E-state index in [0.29, 0.717) is 12.1 Å². The van der Waals surface area contributed by atoms with E-state index in [1.54, 1.807) is 29.0 Å². The zero-order valence-electron chi connectivity index (χ0n) is 7.06. The number of nitrogens with one attached hydrogen (secondary N) is 1. The molecule has 0 aliphatic rings. The van der Waals surface area contributed by atoms with E-state index in [-0.39, 0.29) is 17.0 Å². The molecular formula is C9H11BrN2O. The Morgan fingerprint density at radius 2 is 2.38 bits per heavy atom. The molecule has 1 rings (SSSR count). The van der Waals surface area contributed by atoms with Gasteiger partial charge in [0.2, 0.25) is 0 Å². The fourth-order valence-electron chi connectivity index (χ4n) is 0.919. The Morgan fingerprint density at radius 1 is 1.69 bits per heavy atom. The highest BCUT2D eigenvalue weighted by molar-refractivity contribution is 8.93. The Balaban J connectivity index is 0.00000144. The first-order valence-corrected chi connectivity index (χ1v) is 3.60. The zero-order chi connectivity index (χ0) is 8.97. The molecule has 4 heteroatoms. The second kappa shape index (κ2) is 5.48. The van der Waals surface area contributed by atoms with E-state index in [4.69, 9.17) is 5.41 Å². The van der Waals surface area contributed by atoms with Crippen LogP contribution in [0.15, 0.2) is 37.2 Å². The average molecular weight is 243 g/mol. The van der Waals surface area contributed by atoms with Gasteiger partial charge in [-0.1, -0.05) is 6.58 Å². The maximum absolute atomic E-state index is 10.6. The number of rotatable bonds is 3. The summed E-state index contributed by atoms with van der Waals surface area (Å²) in [6.45, 7) is 4.23. The summed E-state index contributed by atoms with van der Waals surface area (Å²) < 4.78 is 1.80. The molecule has 1 aromatic rings. The van der Waals surface area contributed by atoms with Gasteiger partial charge in [0.25, 0.3) is 0 Å². The maximum Gasteiger partial charge on any atom is 0.177 e. The van der Waals surface area contributed by atoms with E-state index < -0.39 is 5.90 Å². The highest BCUT2D eigenvalue weighted by Crippen LogP contribution is 1.91. The van der Waals surface area contributed by atoms with Gasteiger partial charge in [0, 0.05) is 11.6 Å². The summed E-state index contributed by atoms with van der Waals surface area (Å²) in [5.41, 5.74) is 0.402. The molecule has 70 valence electrons. The van der Waals surface area contributed by atoms with Gasteiger partial charge in [-0.2, -0.15) is 0 Å². The van der Waals surface area contributed by atoms with E-state index in [2.05, 4.69) is 6.58 Å². The SMILES string of the molecule is Br.C=CC[n+]1cccc(C(=N)[O-])c1. The van der Waals surface area contributed by atoms with Gasteiger partial charge in [0.1, 0.15) is 0 Å². The molecule has 1 aromatic heterocycles. The molecular weight excluding hydrogens is 232 g/mol. The fraction of sp³-hybridized carbons (Fsp3) is 0.111. The monoisotopic (exact) mass is 242 g/mol. The van der Waals surface area contributed by atoms with Crippen molar-refractivity contribution in [2.75, 3.05) is 0 Å². The first-order valence-electron chi connectivity index (χ1n) is 3.60. The molecule has 0 spiro atoms. The molecule has 0 atom stereocenters. The van der Waals surface area contributed by atoms with Crippen LogP contribution in [0.2, 0.25) is 0 Å². The lowest BCUT2D eigenvalue weighted by molar-refractivity contribution is -0.687. The molecule has 1 N–H and O–H groups in total. The van der Waals surface area contributed by atoms with Crippen molar-refractivity contribution in [2.45, 2.75) is 6.54 Å². The summed E-state index contributed by atoms with van der Waals surface area (Å²) in [6, 6.07) is 3.36. The molecule has 0 bridgehead atoms. The standard InChI is InChI=1S/C9H10N2O.BrH/c1-2-5-11-6-3-4-8(7-11)9(10)12;/h2-4,6-7H,1,5H2,(H-,10,12);1H. The number of aromatic nitrogens is 1. The van der Waals surface area contributed by atoms with Crippen LogP contribution in [0.4, 0.5) is 0 Å². The minimum Gasteiger partial charge on any atom is -0.859 e. The summed E-state index contributed by atoms with van der Waals surface area (Å²) in [4.78, 5) is 0. The Kier molecular flexibility index (Phi) is 4.99. The van der Waals surface area contributed by atoms with Crippen molar-refractivity contribution in [3.05, 3.63) is 42.7 Å². The minimum absolute atomic E-state index is 0. The van der Waals surface area contributed by atoms with Gasteiger partial charge in [-0.3, -0.25) is 0 Å². The fourth-order valence-corrected chi connectivity index (χ4v) is 0.919. The summed E-state index contributed by atoms with van der Waals surface area (Å²) >= 11 is 0. The van der Waals surface area contributed by atoms with Gasteiger partial charge in [0.15, 0.2) is 18.9 Å². The van der Waals surface area contributed by atoms with Gasteiger partial charge in [-0.25, -0.2) is 4.57 Å². The average Bonchev–Trinajstić information content (AvgIpc) is 2.05. The molecule has 3 nitrogen and oxygen atoms in total. The van der Waals surface area contributed by atoms with Crippen LogP contribution >= 0.6 is 17.0 Å². The molecule has 0 aliphatic heterocycles. The molecule has 0 saturated heterocycles. The van der Waals surface area contributed by atoms with Crippen LogP contribution in [0, 0.1) is 5.41 Å². The molecule has 0 radical (unpaired) electrons. The van der Waals surface area contributed by atoms with Crippen LogP contribution in [-0.4, -0.2) is 5.90 Å². The zero-order valence-corrected chi connectivity index (χ0v) is 8.78. The van der Waals surface area contributed by atoms with Gasteiger partial charge in [-0.05, 0) is 18.0 Å². The van der Waals surface area contributed by atoms with Crippen LogP contribution in [-0.2, 0) is 6.54 Å². The van der Waals surface area contributed by atoms with Gasteiger partial charge in [-0.15, -0.1) is 17.0 Å². The molecule has 0 saturated carbocycles. The third-order valence-corrected chi connectivity index (χ3v) is 1.46. The van der Waals surface area contributed by atoms with Crippen LogP contribution in [0.5, 0.6) is 0 Å². The summed E-state index contributed by atoms with van der Waals surface area (Å²) in [6.07, 6.45) is 5.20. The van der Waals surface area contributed by atoms with Crippen molar-refractivity contribution in [3.8, 4) is 0 Å². The number of allylic oxidation sites excluding steroid dienone is 1. The number of pyridine rings is 1. The lowest BCUT2D eigenvalue weighted by atomic mass is 10.3. The van der Waals surface area contributed by atoms with Crippen LogP contribution in [0.1, 0.15) is 5.56 Å². The van der Waals surface area contributed by atoms with Crippen molar-refractivity contribution in [1.82, 2.24) is 0 Å². The Morgan fingerprint density at radius 3 is 2.92 bits per heavy atom. The number of hydrogen-bond acceptors (Lipinski definition) is 2. The molecule has 0 aromatic carbocycles. The molecule has 13 heavy (non-hydrogen) atoms. The van der Waals surface area contributed by atoms with Crippen molar-refractivity contribution in [2.24, 2.45) is 0 Å². The minimum atomic E-state index is -0.659. The molecule has 0 amide bonds. The quantitative estimate of drug-likeness (QED) is 0.356. The Hall–Kier alpha value is -1.16.